The predicted octanol–water partition coefficient (Wildman–Crippen LogP) is 3.49. The van der Waals surface area contributed by atoms with Crippen LogP contribution in [0.1, 0.15) is 27.7 Å². The lowest BCUT2D eigenvalue weighted by Crippen LogP contribution is -2.49. The SMILES string of the molecule is CCn1c(-c2ccc3c(c2)OCCO3)cnc1SCC(=O)NC(C)(C#N)C(C)C. The lowest BCUT2D eigenvalue weighted by Gasteiger charge is -2.27. The quantitative estimate of drug-likeness (QED) is 0.698. The van der Waals surface area contributed by atoms with Crippen LogP contribution < -0.4 is 14.8 Å². The van der Waals surface area contributed by atoms with Crippen LogP contribution in [-0.2, 0) is 11.3 Å². The first-order valence-electron chi connectivity index (χ1n) is 9.68. The van der Waals surface area contributed by atoms with Crippen LogP contribution in [0, 0.1) is 17.2 Å². The van der Waals surface area contributed by atoms with Crippen molar-refractivity contribution in [2.75, 3.05) is 19.0 Å². The molecular weight excluding hydrogens is 388 g/mol. The summed E-state index contributed by atoms with van der Waals surface area (Å²) in [6.07, 6.45) is 1.81. The molecule has 1 aromatic heterocycles. The Balaban J connectivity index is 1.73. The standard InChI is InChI=1S/C21H26N4O3S/c1-5-25-16(15-6-7-17-18(10-15)28-9-8-27-17)11-23-20(25)29-12-19(26)24-21(4,13-22)14(2)3/h6-7,10-11,14H,5,8-9,12H2,1-4H3,(H,24,26). The monoisotopic (exact) mass is 414 g/mol. The molecule has 0 radical (unpaired) electrons. The van der Waals surface area contributed by atoms with Gasteiger partial charge in [-0.2, -0.15) is 5.26 Å². The molecular formula is C21H26N4O3S. The summed E-state index contributed by atoms with van der Waals surface area (Å²) in [6.45, 7) is 9.43. The van der Waals surface area contributed by atoms with Crippen molar-refractivity contribution in [3.63, 3.8) is 0 Å². The number of aromatic nitrogens is 2. The van der Waals surface area contributed by atoms with Crippen LogP contribution in [0.25, 0.3) is 11.3 Å². The van der Waals surface area contributed by atoms with Gasteiger partial charge in [0.1, 0.15) is 18.8 Å². The molecule has 154 valence electrons. The van der Waals surface area contributed by atoms with Crippen LogP contribution in [-0.4, -0.2) is 40.0 Å². The molecule has 0 aliphatic carbocycles. The maximum Gasteiger partial charge on any atom is 0.231 e. The average Bonchev–Trinajstić information content (AvgIpc) is 3.14. The fraction of sp³-hybridized carbons (Fsp3) is 0.476. The normalized spacial score (nSPS) is 14.9. The van der Waals surface area contributed by atoms with Crippen molar-refractivity contribution in [3.8, 4) is 28.8 Å². The van der Waals surface area contributed by atoms with Gasteiger partial charge >= 0.3 is 0 Å². The zero-order valence-electron chi connectivity index (χ0n) is 17.2. The van der Waals surface area contributed by atoms with Gasteiger partial charge < -0.3 is 19.4 Å². The largest absolute Gasteiger partial charge is 0.486 e. The van der Waals surface area contributed by atoms with Crippen molar-refractivity contribution in [1.82, 2.24) is 14.9 Å². The van der Waals surface area contributed by atoms with Gasteiger partial charge in [0.05, 0.1) is 23.7 Å². The summed E-state index contributed by atoms with van der Waals surface area (Å²) in [5.41, 5.74) is 1.06. The molecule has 29 heavy (non-hydrogen) atoms. The maximum absolute atomic E-state index is 12.4. The van der Waals surface area contributed by atoms with E-state index in [9.17, 15) is 10.1 Å². The highest BCUT2D eigenvalue weighted by atomic mass is 32.2. The van der Waals surface area contributed by atoms with Crippen molar-refractivity contribution >= 4 is 17.7 Å². The van der Waals surface area contributed by atoms with Gasteiger partial charge in [-0.15, -0.1) is 0 Å². The minimum atomic E-state index is -0.881. The molecule has 8 heteroatoms. The van der Waals surface area contributed by atoms with Crippen molar-refractivity contribution < 1.29 is 14.3 Å². The second-order valence-electron chi connectivity index (χ2n) is 7.33. The number of nitrogens with one attached hydrogen (secondary N) is 1. The number of thioether (sulfide) groups is 1. The van der Waals surface area contributed by atoms with E-state index in [2.05, 4.69) is 20.9 Å². The zero-order valence-corrected chi connectivity index (χ0v) is 18.0. The summed E-state index contributed by atoms with van der Waals surface area (Å²) >= 11 is 1.36. The molecule has 1 aromatic carbocycles. The second-order valence-corrected chi connectivity index (χ2v) is 8.28. The summed E-state index contributed by atoms with van der Waals surface area (Å²) in [5.74, 6) is 1.51. The Hall–Kier alpha value is -2.66. The van der Waals surface area contributed by atoms with Crippen LogP contribution in [0.2, 0.25) is 0 Å². The first kappa shape index (κ1) is 21.1. The van der Waals surface area contributed by atoms with E-state index in [0.29, 0.717) is 13.2 Å². The maximum atomic E-state index is 12.4. The van der Waals surface area contributed by atoms with E-state index in [0.717, 1.165) is 34.5 Å². The van der Waals surface area contributed by atoms with Gasteiger partial charge in [0.15, 0.2) is 16.7 Å². The van der Waals surface area contributed by atoms with E-state index in [1.54, 1.807) is 6.92 Å². The summed E-state index contributed by atoms with van der Waals surface area (Å²) in [7, 11) is 0. The molecule has 0 spiro atoms. The third kappa shape index (κ3) is 4.51. The van der Waals surface area contributed by atoms with Crippen LogP contribution in [0.15, 0.2) is 29.6 Å². The molecule has 1 atom stereocenters. The van der Waals surface area contributed by atoms with Gasteiger partial charge in [0.2, 0.25) is 5.91 Å². The van der Waals surface area contributed by atoms with Gasteiger partial charge in [-0.3, -0.25) is 4.79 Å². The summed E-state index contributed by atoms with van der Waals surface area (Å²) in [4.78, 5) is 16.9. The lowest BCUT2D eigenvalue weighted by atomic mass is 9.90. The van der Waals surface area contributed by atoms with Crippen molar-refractivity contribution in [1.29, 1.82) is 5.26 Å². The topological polar surface area (TPSA) is 89.2 Å². The summed E-state index contributed by atoms with van der Waals surface area (Å²) < 4.78 is 13.3. The number of benzene rings is 1. The number of ether oxygens (including phenoxy) is 2. The molecule has 2 aromatic rings. The van der Waals surface area contributed by atoms with E-state index >= 15 is 0 Å². The number of carbonyl (C=O) groups is 1. The number of fused-ring (bicyclic) bond motifs is 1. The summed E-state index contributed by atoms with van der Waals surface area (Å²) in [6, 6.07) is 8.05. The van der Waals surface area contributed by atoms with Gasteiger partial charge in [-0.05, 0) is 38.0 Å². The molecule has 0 bridgehead atoms. The number of carbonyl (C=O) groups excluding carboxylic acids is 1. The molecule has 1 unspecified atom stereocenters. The average molecular weight is 415 g/mol. The van der Waals surface area contributed by atoms with Crippen LogP contribution in [0.4, 0.5) is 0 Å². The Morgan fingerprint density at radius 1 is 1.38 bits per heavy atom. The number of hydrogen-bond donors (Lipinski definition) is 1. The molecule has 7 nitrogen and oxygen atoms in total. The van der Waals surface area contributed by atoms with E-state index in [1.807, 2.05) is 45.2 Å². The molecule has 0 saturated carbocycles. The number of imidazole rings is 1. The number of rotatable bonds is 7. The highest BCUT2D eigenvalue weighted by Crippen LogP contribution is 2.35. The van der Waals surface area contributed by atoms with E-state index in [4.69, 9.17) is 9.47 Å². The van der Waals surface area contributed by atoms with E-state index in [1.165, 1.54) is 11.8 Å². The van der Waals surface area contributed by atoms with E-state index < -0.39 is 5.54 Å². The minimum absolute atomic E-state index is 0.0147. The van der Waals surface area contributed by atoms with Crippen molar-refractivity contribution in [3.05, 3.63) is 24.4 Å². The van der Waals surface area contributed by atoms with Gasteiger partial charge in [-0.1, -0.05) is 25.6 Å². The molecule has 1 aliphatic rings. The van der Waals surface area contributed by atoms with Crippen molar-refractivity contribution in [2.45, 2.75) is 44.9 Å². The number of nitrogens with zero attached hydrogens (tertiary/aromatic N) is 3. The second kappa shape index (κ2) is 8.78. The lowest BCUT2D eigenvalue weighted by molar-refractivity contribution is -0.120. The Bertz CT molecular complexity index is 934. The first-order valence-corrected chi connectivity index (χ1v) is 10.7. The zero-order chi connectivity index (χ0) is 21.0. The molecule has 1 amide bonds. The highest BCUT2D eigenvalue weighted by molar-refractivity contribution is 7.99. The molecule has 0 fully saturated rings. The third-order valence-electron chi connectivity index (χ3n) is 5.09. The van der Waals surface area contributed by atoms with Crippen LogP contribution in [0.3, 0.4) is 0 Å². The molecule has 0 saturated heterocycles. The number of hydrogen-bond acceptors (Lipinski definition) is 6. The Morgan fingerprint density at radius 2 is 2.10 bits per heavy atom. The molecule has 1 aliphatic heterocycles. The predicted molar refractivity (Wildman–Crippen MR) is 112 cm³/mol. The molecule has 3 rings (SSSR count). The van der Waals surface area contributed by atoms with Gasteiger partial charge in [0, 0.05) is 12.1 Å². The Labute approximate surface area is 175 Å². The van der Waals surface area contributed by atoms with Gasteiger partial charge in [0.25, 0.3) is 0 Å². The fourth-order valence-electron chi connectivity index (χ4n) is 2.97. The third-order valence-corrected chi connectivity index (χ3v) is 6.08. The van der Waals surface area contributed by atoms with Crippen molar-refractivity contribution in [2.24, 2.45) is 5.92 Å². The highest BCUT2D eigenvalue weighted by Gasteiger charge is 2.30. The summed E-state index contributed by atoms with van der Waals surface area (Å²) in [5, 5.41) is 13.0. The Morgan fingerprint density at radius 3 is 2.76 bits per heavy atom. The van der Waals surface area contributed by atoms with E-state index in [-0.39, 0.29) is 17.6 Å². The van der Waals surface area contributed by atoms with Crippen LogP contribution >= 0.6 is 11.8 Å². The number of amides is 1. The smallest absolute Gasteiger partial charge is 0.231 e. The van der Waals surface area contributed by atoms with Gasteiger partial charge in [-0.25, -0.2) is 4.98 Å². The minimum Gasteiger partial charge on any atom is -0.486 e. The number of nitriles is 1. The molecule has 2 heterocycles. The fourth-order valence-corrected chi connectivity index (χ4v) is 3.81. The first-order chi connectivity index (χ1) is 13.9. The molecule has 1 N–H and O–H groups in total. The van der Waals surface area contributed by atoms with Crippen LogP contribution in [0.5, 0.6) is 11.5 Å². The Kier molecular flexibility index (Phi) is 6.38.